The van der Waals surface area contributed by atoms with Gasteiger partial charge in [-0.25, -0.2) is 12.4 Å². The lowest BCUT2D eigenvalue weighted by Gasteiger charge is -2.06. The first-order valence-corrected chi connectivity index (χ1v) is 8.67. The molecule has 0 amide bonds. The summed E-state index contributed by atoms with van der Waals surface area (Å²) in [5.41, 5.74) is 1.82. The standard InChI is InChI=1S/C18H17NO3S/c1-15-7-9-18(10-8-15)23(20,21)19-12-11-16(13-19)14-22-17-5-3-2-4-6-17/h2-13H,14H2,1H3. The number of aromatic nitrogens is 1. The van der Waals surface area contributed by atoms with Gasteiger partial charge in [0.15, 0.2) is 0 Å². The Kier molecular flexibility index (Phi) is 4.21. The van der Waals surface area contributed by atoms with Gasteiger partial charge in [0, 0.05) is 18.0 Å². The Morgan fingerprint density at radius 1 is 0.957 bits per heavy atom. The Hall–Kier alpha value is -2.53. The molecule has 0 aliphatic carbocycles. The molecule has 0 unspecified atom stereocenters. The van der Waals surface area contributed by atoms with Crippen LogP contribution in [0.2, 0.25) is 0 Å². The molecule has 0 aliphatic rings. The van der Waals surface area contributed by atoms with E-state index >= 15 is 0 Å². The van der Waals surface area contributed by atoms with Crippen molar-refractivity contribution in [2.24, 2.45) is 0 Å². The van der Waals surface area contributed by atoms with Crippen LogP contribution in [0, 0.1) is 6.92 Å². The molecule has 0 N–H and O–H groups in total. The number of hydrogen-bond donors (Lipinski definition) is 0. The van der Waals surface area contributed by atoms with Gasteiger partial charge < -0.3 is 4.74 Å². The Morgan fingerprint density at radius 2 is 1.65 bits per heavy atom. The average molecular weight is 327 g/mol. The van der Waals surface area contributed by atoms with Gasteiger partial charge in [-0.15, -0.1) is 0 Å². The summed E-state index contributed by atoms with van der Waals surface area (Å²) in [6, 6.07) is 18.0. The van der Waals surface area contributed by atoms with Crippen molar-refractivity contribution in [3.8, 4) is 5.75 Å². The minimum Gasteiger partial charge on any atom is -0.489 e. The van der Waals surface area contributed by atoms with Gasteiger partial charge in [0.25, 0.3) is 10.0 Å². The second-order valence-corrected chi connectivity index (χ2v) is 7.11. The van der Waals surface area contributed by atoms with Crippen LogP contribution in [0.5, 0.6) is 5.75 Å². The zero-order chi connectivity index (χ0) is 16.3. The minimum atomic E-state index is -3.56. The van der Waals surface area contributed by atoms with E-state index < -0.39 is 10.0 Å². The number of hydrogen-bond acceptors (Lipinski definition) is 3. The van der Waals surface area contributed by atoms with E-state index in [1.807, 2.05) is 37.3 Å². The Bertz CT molecular complexity index is 882. The fraction of sp³-hybridized carbons (Fsp3) is 0.111. The summed E-state index contributed by atoms with van der Waals surface area (Å²) in [5.74, 6) is 0.752. The first-order valence-electron chi connectivity index (χ1n) is 7.23. The molecule has 0 saturated heterocycles. The van der Waals surface area contributed by atoms with E-state index in [9.17, 15) is 8.42 Å². The van der Waals surface area contributed by atoms with Crippen LogP contribution in [0.15, 0.2) is 78.0 Å². The van der Waals surface area contributed by atoms with Gasteiger partial charge in [-0.3, -0.25) is 0 Å². The molecule has 0 spiro atoms. The van der Waals surface area contributed by atoms with Crippen molar-refractivity contribution >= 4 is 10.0 Å². The zero-order valence-electron chi connectivity index (χ0n) is 12.7. The maximum Gasteiger partial charge on any atom is 0.267 e. The number of aryl methyl sites for hydroxylation is 1. The maximum atomic E-state index is 12.6. The average Bonchev–Trinajstić information content (AvgIpc) is 3.04. The summed E-state index contributed by atoms with van der Waals surface area (Å²) in [4.78, 5) is 0.272. The number of ether oxygens (including phenoxy) is 1. The molecule has 1 heterocycles. The van der Waals surface area contributed by atoms with E-state index in [0.29, 0.717) is 6.61 Å². The first-order chi connectivity index (χ1) is 11.1. The Balaban J connectivity index is 1.77. The lowest BCUT2D eigenvalue weighted by atomic mass is 10.2. The van der Waals surface area contributed by atoms with E-state index in [1.165, 1.54) is 3.97 Å². The maximum absolute atomic E-state index is 12.6. The van der Waals surface area contributed by atoms with Crippen LogP contribution >= 0.6 is 0 Å². The van der Waals surface area contributed by atoms with Crippen molar-refractivity contribution in [3.05, 3.63) is 84.2 Å². The molecule has 3 aromatic rings. The van der Waals surface area contributed by atoms with Gasteiger partial charge in [-0.1, -0.05) is 35.9 Å². The summed E-state index contributed by atoms with van der Waals surface area (Å²) in [5, 5.41) is 0. The number of para-hydroxylation sites is 1. The molecule has 2 aromatic carbocycles. The molecule has 0 atom stereocenters. The molecule has 0 fully saturated rings. The highest BCUT2D eigenvalue weighted by molar-refractivity contribution is 7.90. The van der Waals surface area contributed by atoms with Crippen LogP contribution in [0.3, 0.4) is 0 Å². The Morgan fingerprint density at radius 3 is 2.35 bits per heavy atom. The number of nitrogens with zero attached hydrogens (tertiary/aromatic N) is 1. The zero-order valence-corrected chi connectivity index (χ0v) is 13.5. The van der Waals surface area contributed by atoms with Crippen molar-refractivity contribution in [2.45, 2.75) is 18.4 Å². The van der Waals surface area contributed by atoms with Crippen LogP contribution in [-0.4, -0.2) is 12.4 Å². The molecule has 5 heteroatoms. The summed E-state index contributed by atoms with van der Waals surface area (Å²) in [6.07, 6.45) is 3.12. The lowest BCUT2D eigenvalue weighted by molar-refractivity contribution is 0.306. The van der Waals surface area contributed by atoms with E-state index in [2.05, 4.69) is 0 Å². The number of benzene rings is 2. The van der Waals surface area contributed by atoms with E-state index in [-0.39, 0.29) is 4.90 Å². The predicted octanol–water partition coefficient (Wildman–Crippen LogP) is 3.61. The number of rotatable bonds is 5. The quantitative estimate of drug-likeness (QED) is 0.719. The first kappa shape index (κ1) is 15.4. The highest BCUT2D eigenvalue weighted by atomic mass is 32.2. The second kappa shape index (κ2) is 6.30. The summed E-state index contributed by atoms with van der Waals surface area (Å²) >= 11 is 0. The third kappa shape index (κ3) is 3.46. The van der Waals surface area contributed by atoms with E-state index in [1.54, 1.807) is 42.7 Å². The molecule has 1 aromatic heterocycles. The SMILES string of the molecule is Cc1ccc(S(=O)(=O)n2ccc(COc3ccccc3)c2)cc1. The predicted molar refractivity (Wildman–Crippen MR) is 89.0 cm³/mol. The van der Waals surface area contributed by atoms with Crippen LogP contribution < -0.4 is 4.74 Å². The van der Waals surface area contributed by atoms with Crippen molar-refractivity contribution in [1.29, 1.82) is 0 Å². The largest absolute Gasteiger partial charge is 0.489 e. The van der Waals surface area contributed by atoms with E-state index in [0.717, 1.165) is 16.9 Å². The van der Waals surface area contributed by atoms with Crippen LogP contribution in [-0.2, 0) is 16.6 Å². The third-order valence-corrected chi connectivity index (χ3v) is 5.12. The highest BCUT2D eigenvalue weighted by Crippen LogP contribution is 2.17. The van der Waals surface area contributed by atoms with E-state index in [4.69, 9.17) is 4.74 Å². The topological polar surface area (TPSA) is 48.3 Å². The molecule has 23 heavy (non-hydrogen) atoms. The monoisotopic (exact) mass is 327 g/mol. The highest BCUT2D eigenvalue weighted by Gasteiger charge is 2.16. The van der Waals surface area contributed by atoms with Crippen LogP contribution in [0.1, 0.15) is 11.1 Å². The van der Waals surface area contributed by atoms with Crippen LogP contribution in [0.25, 0.3) is 0 Å². The summed E-state index contributed by atoms with van der Waals surface area (Å²) < 4.78 is 32.0. The van der Waals surface area contributed by atoms with Crippen LogP contribution in [0.4, 0.5) is 0 Å². The minimum absolute atomic E-state index is 0.272. The Labute approximate surface area is 136 Å². The van der Waals surface area contributed by atoms with Gasteiger partial charge in [-0.2, -0.15) is 0 Å². The lowest BCUT2D eigenvalue weighted by Crippen LogP contribution is -2.10. The molecular formula is C18H17NO3S. The molecule has 4 nitrogen and oxygen atoms in total. The molecule has 0 aliphatic heterocycles. The van der Waals surface area contributed by atoms with Gasteiger partial charge in [0.1, 0.15) is 12.4 Å². The van der Waals surface area contributed by atoms with Crippen molar-refractivity contribution in [2.75, 3.05) is 0 Å². The fourth-order valence-electron chi connectivity index (χ4n) is 2.17. The molecular weight excluding hydrogens is 310 g/mol. The summed E-state index contributed by atoms with van der Waals surface area (Å²) in [7, 11) is -3.56. The molecule has 0 bridgehead atoms. The van der Waals surface area contributed by atoms with Gasteiger partial charge in [0.2, 0.25) is 0 Å². The van der Waals surface area contributed by atoms with Gasteiger partial charge >= 0.3 is 0 Å². The van der Waals surface area contributed by atoms with Crippen molar-refractivity contribution in [3.63, 3.8) is 0 Å². The fourth-order valence-corrected chi connectivity index (χ4v) is 3.39. The van der Waals surface area contributed by atoms with Gasteiger partial charge in [-0.05, 0) is 37.3 Å². The normalized spacial score (nSPS) is 11.3. The molecule has 0 saturated carbocycles. The van der Waals surface area contributed by atoms with Crippen molar-refractivity contribution in [1.82, 2.24) is 3.97 Å². The summed E-state index contributed by atoms with van der Waals surface area (Å²) in [6.45, 7) is 2.24. The third-order valence-electron chi connectivity index (χ3n) is 3.47. The smallest absolute Gasteiger partial charge is 0.267 e. The second-order valence-electron chi connectivity index (χ2n) is 5.27. The molecule has 0 radical (unpaired) electrons. The van der Waals surface area contributed by atoms with Crippen molar-refractivity contribution < 1.29 is 13.2 Å². The van der Waals surface area contributed by atoms with Gasteiger partial charge in [0.05, 0.1) is 4.90 Å². The molecule has 118 valence electrons. The molecule has 3 rings (SSSR count).